The van der Waals surface area contributed by atoms with Crippen LogP contribution in [0.5, 0.6) is 0 Å². The van der Waals surface area contributed by atoms with Crippen molar-refractivity contribution < 1.29 is 14.7 Å². The first-order valence-corrected chi connectivity index (χ1v) is 4.52. The van der Waals surface area contributed by atoms with Gasteiger partial charge in [-0.05, 0) is 13.0 Å². The van der Waals surface area contributed by atoms with Gasteiger partial charge in [-0.25, -0.2) is 9.48 Å². The molecule has 0 aliphatic heterocycles. The van der Waals surface area contributed by atoms with E-state index in [1.54, 1.807) is 0 Å². The quantitative estimate of drug-likeness (QED) is 0.704. The molecule has 1 unspecified atom stereocenters. The number of hydrogen-bond donors (Lipinski definition) is 2. The van der Waals surface area contributed by atoms with Gasteiger partial charge in [0.25, 0.3) is 5.56 Å². The maximum atomic E-state index is 11.4. The molecule has 2 N–H and O–H groups in total. The average molecular weight is 225 g/mol. The van der Waals surface area contributed by atoms with Gasteiger partial charge < -0.3 is 10.4 Å². The summed E-state index contributed by atoms with van der Waals surface area (Å²) in [5, 5.41) is 14.6. The van der Waals surface area contributed by atoms with Gasteiger partial charge in [-0.15, -0.1) is 0 Å². The number of carbonyl (C=O) groups is 2. The Bertz CT molecular complexity index is 480. The summed E-state index contributed by atoms with van der Waals surface area (Å²) in [6.07, 6.45) is 0. The van der Waals surface area contributed by atoms with Gasteiger partial charge in [-0.1, -0.05) is 0 Å². The molecule has 0 bridgehead atoms. The Balaban J connectivity index is 3.22. The third kappa shape index (κ3) is 2.25. The van der Waals surface area contributed by atoms with E-state index in [0.29, 0.717) is 0 Å². The number of likely N-dealkylation sites (N-methyl/N-ethyl adjacent to an activating group) is 1. The average Bonchev–Trinajstić information content (AvgIpc) is 2.27. The molecular weight excluding hydrogens is 214 g/mol. The number of nitrogens with one attached hydrogen (secondary N) is 1. The number of aromatic nitrogens is 2. The Morgan fingerprint density at radius 2 is 2.12 bits per heavy atom. The van der Waals surface area contributed by atoms with E-state index < -0.39 is 23.5 Å². The van der Waals surface area contributed by atoms with Gasteiger partial charge in [0.15, 0.2) is 5.69 Å². The van der Waals surface area contributed by atoms with Crippen LogP contribution in [-0.2, 0) is 4.79 Å². The van der Waals surface area contributed by atoms with Gasteiger partial charge >= 0.3 is 5.97 Å². The molecule has 1 heterocycles. The number of carboxylic acid groups (broad SMARTS) is 1. The molecule has 7 heteroatoms. The Labute approximate surface area is 90.7 Å². The van der Waals surface area contributed by atoms with E-state index in [0.717, 1.165) is 16.8 Å². The minimum Gasteiger partial charge on any atom is -0.476 e. The molecule has 0 aromatic carbocycles. The topological polar surface area (TPSA) is 101 Å². The largest absolute Gasteiger partial charge is 0.476 e. The number of amides is 1. The third-order valence-corrected chi connectivity index (χ3v) is 2.04. The smallest absolute Gasteiger partial charge is 0.356 e. The lowest BCUT2D eigenvalue weighted by Crippen LogP contribution is -2.36. The maximum absolute atomic E-state index is 11.4. The highest BCUT2D eigenvalue weighted by Gasteiger charge is 2.17. The molecule has 1 rings (SSSR count). The van der Waals surface area contributed by atoms with Crippen molar-refractivity contribution in [3.63, 3.8) is 0 Å². The second kappa shape index (κ2) is 4.56. The zero-order chi connectivity index (χ0) is 12.3. The molecule has 1 aromatic heterocycles. The molecule has 0 saturated heterocycles. The summed E-state index contributed by atoms with van der Waals surface area (Å²) in [7, 11) is 1.42. The van der Waals surface area contributed by atoms with Crippen LogP contribution < -0.4 is 10.9 Å². The van der Waals surface area contributed by atoms with Crippen LogP contribution in [0.1, 0.15) is 23.5 Å². The van der Waals surface area contributed by atoms with Crippen LogP contribution in [0.25, 0.3) is 0 Å². The highest BCUT2D eigenvalue weighted by Crippen LogP contribution is 2.00. The molecular formula is C9H11N3O4. The summed E-state index contributed by atoms with van der Waals surface area (Å²) in [5.74, 6) is -1.67. The van der Waals surface area contributed by atoms with Crippen molar-refractivity contribution >= 4 is 11.9 Å². The Kier molecular flexibility index (Phi) is 3.39. The van der Waals surface area contributed by atoms with Crippen molar-refractivity contribution in [2.24, 2.45) is 0 Å². The molecule has 0 aliphatic rings. The van der Waals surface area contributed by atoms with Gasteiger partial charge in [0.1, 0.15) is 6.04 Å². The van der Waals surface area contributed by atoms with Gasteiger partial charge in [-0.2, -0.15) is 5.10 Å². The van der Waals surface area contributed by atoms with Crippen molar-refractivity contribution in [3.8, 4) is 0 Å². The first kappa shape index (κ1) is 11.9. The zero-order valence-corrected chi connectivity index (χ0v) is 8.80. The second-order valence-electron chi connectivity index (χ2n) is 3.10. The lowest BCUT2D eigenvalue weighted by Gasteiger charge is -2.11. The number of hydrogen-bond acceptors (Lipinski definition) is 4. The summed E-state index contributed by atoms with van der Waals surface area (Å²) in [4.78, 5) is 33.3. The first-order chi connectivity index (χ1) is 7.47. The molecule has 0 spiro atoms. The van der Waals surface area contributed by atoms with Crippen molar-refractivity contribution in [2.45, 2.75) is 13.0 Å². The van der Waals surface area contributed by atoms with Gasteiger partial charge in [0.2, 0.25) is 5.91 Å². The normalized spacial score (nSPS) is 11.9. The van der Waals surface area contributed by atoms with Crippen LogP contribution >= 0.6 is 0 Å². The van der Waals surface area contributed by atoms with Gasteiger partial charge in [-0.3, -0.25) is 9.59 Å². The molecule has 0 aliphatic carbocycles. The Morgan fingerprint density at radius 1 is 1.50 bits per heavy atom. The fourth-order valence-corrected chi connectivity index (χ4v) is 1.14. The van der Waals surface area contributed by atoms with Crippen LogP contribution in [0, 0.1) is 0 Å². The molecule has 1 atom stereocenters. The van der Waals surface area contributed by atoms with Crippen LogP contribution in [-0.4, -0.2) is 33.8 Å². The highest BCUT2D eigenvalue weighted by atomic mass is 16.4. The summed E-state index contributed by atoms with van der Waals surface area (Å²) in [5.41, 5.74) is -0.809. The fraction of sp³-hybridized carbons (Fsp3) is 0.333. The summed E-state index contributed by atoms with van der Waals surface area (Å²) >= 11 is 0. The lowest BCUT2D eigenvalue weighted by molar-refractivity contribution is -0.123. The third-order valence-electron chi connectivity index (χ3n) is 2.04. The van der Waals surface area contributed by atoms with E-state index in [1.807, 2.05) is 0 Å². The Morgan fingerprint density at radius 3 is 2.62 bits per heavy atom. The van der Waals surface area contributed by atoms with Crippen molar-refractivity contribution in [1.82, 2.24) is 15.1 Å². The van der Waals surface area contributed by atoms with E-state index >= 15 is 0 Å². The molecule has 16 heavy (non-hydrogen) atoms. The van der Waals surface area contributed by atoms with E-state index in [9.17, 15) is 14.4 Å². The van der Waals surface area contributed by atoms with Crippen molar-refractivity contribution in [3.05, 3.63) is 28.2 Å². The molecule has 0 radical (unpaired) electrons. The number of aromatic carboxylic acids is 1. The summed E-state index contributed by atoms with van der Waals surface area (Å²) in [6.45, 7) is 1.46. The lowest BCUT2D eigenvalue weighted by atomic mass is 10.3. The number of rotatable bonds is 3. The van der Waals surface area contributed by atoms with Crippen LogP contribution in [0.3, 0.4) is 0 Å². The first-order valence-electron chi connectivity index (χ1n) is 4.52. The summed E-state index contributed by atoms with van der Waals surface area (Å²) in [6, 6.07) is 1.31. The van der Waals surface area contributed by atoms with Crippen LogP contribution in [0.15, 0.2) is 16.9 Å². The molecule has 0 fully saturated rings. The van der Waals surface area contributed by atoms with Crippen molar-refractivity contribution in [2.75, 3.05) is 7.05 Å². The standard InChI is InChI=1S/C9H11N3O4/c1-5(8(14)10-2)12-7(13)4-3-6(11-12)9(15)16/h3-5H,1-2H3,(H,10,14)(H,15,16). The minimum absolute atomic E-state index is 0.282. The molecule has 7 nitrogen and oxygen atoms in total. The maximum Gasteiger partial charge on any atom is 0.356 e. The van der Waals surface area contributed by atoms with E-state index in [2.05, 4.69) is 10.4 Å². The molecule has 1 amide bonds. The van der Waals surface area contributed by atoms with Crippen LogP contribution in [0.4, 0.5) is 0 Å². The number of carbonyl (C=O) groups excluding carboxylic acids is 1. The summed E-state index contributed by atoms with van der Waals surface area (Å²) < 4.78 is 0.836. The molecule has 1 aromatic rings. The number of carboxylic acids is 1. The predicted octanol–water partition coefficient (Wildman–Crippen LogP) is -0.751. The predicted molar refractivity (Wildman–Crippen MR) is 54.2 cm³/mol. The van der Waals surface area contributed by atoms with Crippen LogP contribution in [0.2, 0.25) is 0 Å². The number of nitrogens with zero attached hydrogens (tertiary/aromatic N) is 2. The minimum atomic E-state index is -1.25. The van der Waals surface area contributed by atoms with E-state index in [-0.39, 0.29) is 5.69 Å². The Hall–Kier alpha value is -2.18. The molecule has 0 saturated carbocycles. The van der Waals surface area contributed by atoms with E-state index in [1.165, 1.54) is 14.0 Å². The van der Waals surface area contributed by atoms with Gasteiger partial charge in [0, 0.05) is 13.1 Å². The monoisotopic (exact) mass is 225 g/mol. The fourth-order valence-electron chi connectivity index (χ4n) is 1.14. The zero-order valence-electron chi connectivity index (χ0n) is 8.80. The molecule has 86 valence electrons. The highest BCUT2D eigenvalue weighted by molar-refractivity contribution is 5.85. The van der Waals surface area contributed by atoms with Gasteiger partial charge in [0.05, 0.1) is 0 Å². The van der Waals surface area contributed by atoms with Crippen molar-refractivity contribution in [1.29, 1.82) is 0 Å². The second-order valence-corrected chi connectivity index (χ2v) is 3.10. The SMILES string of the molecule is CNC(=O)C(C)n1nc(C(=O)O)ccc1=O. The van der Waals surface area contributed by atoms with E-state index in [4.69, 9.17) is 5.11 Å².